The average Bonchev–Trinajstić information content (AvgIpc) is 3.10. The minimum Gasteiger partial charge on any atom is -0.530 e. The van der Waals surface area contributed by atoms with E-state index in [-0.39, 0.29) is 5.04 Å². The van der Waals surface area contributed by atoms with E-state index >= 15 is 0 Å². The van der Waals surface area contributed by atoms with Gasteiger partial charge in [-0.3, -0.25) is 0 Å². The Kier molecular flexibility index (Phi) is 4.44. The first-order valence-electron chi connectivity index (χ1n) is 7.79. The van der Waals surface area contributed by atoms with Crippen LogP contribution in [0.2, 0.25) is 18.1 Å². The Morgan fingerprint density at radius 3 is 2.50 bits per heavy atom. The van der Waals surface area contributed by atoms with Gasteiger partial charge in [-0.1, -0.05) is 20.8 Å². The molecule has 0 aliphatic carbocycles. The summed E-state index contributed by atoms with van der Waals surface area (Å²) in [6.45, 7) is 11.2. The average molecular weight is 379 g/mol. The fourth-order valence-corrected chi connectivity index (χ4v) is 4.71. The molecule has 128 valence electrons. The third-order valence-corrected chi connectivity index (χ3v) is 10.7. The minimum atomic E-state index is -1.87. The van der Waals surface area contributed by atoms with Crippen molar-refractivity contribution in [1.29, 1.82) is 0 Å². The van der Waals surface area contributed by atoms with Crippen molar-refractivity contribution in [3.8, 4) is 21.6 Å². The van der Waals surface area contributed by atoms with E-state index in [2.05, 4.69) is 43.8 Å². The Morgan fingerprint density at radius 2 is 1.83 bits per heavy atom. The van der Waals surface area contributed by atoms with Gasteiger partial charge in [-0.25, -0.2) is 9.97 Å². The largest absolute Gasteiger partial charge is 0.530 e. The van der Waals surface area contributed by atoms with Crippen LogP contribution in [-0.2, 0) is 0 Å². The van der Waals surface area contributed by atoms with Gasteiger partial charge in [0.05, 0.1) is 22.7 Å². The number of ether oxygens (including phenoxy) is 1. The van der Waals surface area contributed by atoms with E-state index in [0.717, 1.165) is 31.9 Å². The molecule has 0 radical (unpaired) electrons. The number of rotatable bonds is 4. The van der Waals surface area contributed by atoms with Crippen molar-refractivity contribution in [3.05, 3.63) is 23.6 Å². The predicted octanol–water partition coefficient (Wildman–Crippen LogP) is 5.81. The zero-order valence-corrected chi connectivity index (χ0v) is 17.5. The van der Waals surface area contributed by atoms with Gasteiger partial charge in [-0.2, -0.15) is 0 Å². The summed E-state index contributed by atoms with van der Waals surface area (Å²) < 4.78 is 12.7. The SMILES string of the molecule is COc1ccc2nc(-c3nc(O[Si](C)(C)C(C)(C)C)cs3)sc2c1. The van der Waals surface area contributed by atoms with Gasteiger partial charge in [0, 0.05) is 0 Å². The number of fused-ring (bicyclic) bond motifs is 1. The van der Waals surface area contributed by atoms with Crippen molar-refractivity contribution in [2.75, 3.05) is 7.11 Å². The van der Waals surface area contributed by atoms with E-state index in [1.807, 2.05) is 23.6 Å². The maximum Gasteiger partial charge on any atom is 0.252 e. The molecule has 0 atom stereocenters. The fourth-order valence-electron chi connectivity index (χ4n) is 1.94. The summed E-state index contributed by atoms with van der Waals surface area (Å²) in [4.78, 5) is 9.35. The Bertz CT molecular complexity index is 865. The molecule has 0 saturated carbocycles. The molecule has 4 nitrogen and oxygen atoms in total. The predicted molar refractivity (Wildman–Crippen MR) is 105 cm³/mol. The summed E-state index contributed by atoms with van der Waals surface area (Å²) in [5.41, 5.74) is 0.970. The molecule has 3 aromatic rings. The maximum atomic E-state index is 6.27. The van der Waals surface area contributed by atoms with Crippen molar-refractivity contribution in [1.82, 2.24) is 9.97 Å². The van der Waals surface area contributed by atoms with Gasteiger partial charge in [0.1, 0.15) is 5.75 Å². The summed E-state index contributed by atoms with van der Waals surface area (Å²) in [5.74, 6) is 1.57. The lowest BCUT2D eigenvalue weighted by Crippen LogP contribution is -2.43. The second-order valence-electron chi connectivity index (χ2n) is 7.21. The molecule has 0 saturated heterocycles. The van der Waals surface area contributed by atoms with Crippen LogP contribution in [0.5, 0.6) is 11.6 Å². The van der Waals surface area contributed by atoms with E-state index in [1.54, 1.807) is 29.8 Å². The van der Waals surface area contributed by atoms with Crippen molar-refractivity contribution in [3.63, 3.8) is 0 Å². The standard InChI is InChI=1S/C17H22N2O2S2Si/c1-17(2,3)24(5,6)21-14-10-22-15(19-14)16-18-12-8-7-11(20-4)9-13(12)23-16/h7-10H,1-6H3. The third kappa shape index (κ3) is 3.33. The normalized spacial score (nSPS) is 12.6. The van der Waals surface area contributed by atoms with Gasteiger partial charge in [0.2, 0.25) is 5.88 Å². The van der Waals surface area contributed by atoms with Crippen LogP contribution in [0.25, 0.3) is 20.2 Å². The number of thiazole rings is 2. The number of nitrogens with zero attached hydrogens (tertiary/aromatic N) is 2. The lowest BCUT2D eigenvalue weighted by molar-refractivity contribution is 0.415. The molecule has 24 heavy (non-hydrogen) atoms. The lowest BCUT2D eigenvalue weighted by atomic mass is 10.2. The van der Waals surface area contributed by atoms with Gasteiger partial charge in [-0.15, -0.1) is 22.7 Å². The molecule has 2 heterocycles. The lowest BCUT2D eigenvalue weighted by Gasteiger charge is -2.35. The highest BCUT2D eigenvalue weighted by Gasteiger charge is 2.39. The number of methoxy groups -OCH3 is 1. The van der Waals surface area contributed by atoms with E-state index in [4.69, 9.17) is 9.16 Å². The first-order chi connectivity index (χ1) is 11.2. The summed E-state index contributed by atoms with van der Waals surface area (Å²) in [6, 6.07) is 5.92. The highest BCUT2D eigenvalue weighted by Crippen LogP contribution is 2.39. The van der Waals surface area contributed by atoms with Crippen LogP contribution >= 0.6 is 22.7 Å². The second-order valence-corrected chi connectivity index (χ2v) is 13.8. The van der Waals surface area contributed by atoms with Gasteiger partial charge in [0.25, 0.3) is 8.32 Å². The van der Waals surface area contributed by atoms with Crippen LogP contribution < -0.4 is 9.16 Å². The summed E-state index contributed by atoms with van der Waals surface area (Å²) in [5, 5.41) is 3.98. The maximum absolute atomic E-state index is 6.27. The molecule has 0 amide bonds. The van der Waals surface area contributed by atoms with E-state index in [9.17, 15) is 0 Å². The van der Waals surface area contributed by atoms with Gasteiger partial charge in [-0.05, 0) is 36.3 Å². The molecule has 0 unspecified atom stereocenters. The van der Waals surface area contributed by atoms with E-state index < -0.39 is 8.32 Å². The van der Waals surface area contributed by atoms with E-state index in [1.165, 1.54) is 0 Å². The monoisotopic (exact) mass is 378 g/mol. The first-order valence-corrected chi connectivity index (χ1v) is 12.4. The zero-order valence-electron chi connectivity index (χ0n) is 14.8. The Labute approximate surface area is 151 Å². The molecule has 0 aliphatic heterocycles. The quantitative estimate of drug-likeness (QED) is 0.537. The van der Waals surface area contributed by atoms with Crippen molar-refractivity contribution in [2.45, 2.75) is 38.9 Å². The molecule has 0 aliphatic rings. The van der Waals surface area contributed by atoms with Crippen molar-refractivity contribution >= 4 is 41.2 Å². The number of aromatic nitrogens is 2. The molecule has 0 N–H and O–H groups in total. The third-order valence-electron chi connectivity index (χ3n) is 4.43. The molecule has 1 aromatic carbocycles. The van der Waals surface area contributed by atoms with Crippen LogP contribution in [0.3, 0.4) is 0 Å². The summed E-state index contributed by atoms with van der Waals surface area (Å²) >= 11 is 3.21. The van der Waals surface area contributed by atoms with Crippen LogP contribution in [0, 0.1) is 0 Å². The number of hydrogen-bond acceptors (Lipinski definition) is 6. The van der Waals surface area contributed by atoms with Crippen LogP contribution in [0.1, 0.15) is 20.8 Å². The van der Waals surface area contributed by atoms with Gasteiger partial charge in [0.15, 0.2) is 10.0 Å². The van der Waals surface area contributed by atoms with Gasteiger partial charge < -0.3 is 9.16 Å². The van der Waals surface area contributed by atoms with E-state index in [0.29, 0.717) is 0 Å². The zero-order chi connectivity index (χ0) is 17.5. The molecule has 0 fully saturated rings. The smallest absolute Gasteiger partial charge is 0.252 e. The summed E-state index contributed by atoms with van der Waals surface area (Å²) in [6.07, 6.45) is 0. The van der Waals surface area contributed by atoms with Crippen LogP contribution in [0.4, 0.5) is 0 Å². The number of benzene rings is 1. The van der Waals surface area contributed by atoms with Crippen LogP contribution in [-0.4, -0.2) is 25.4 Å². The molecular formula is C17H22N2O2S2Si. The highest BCUT2D eigenvalue weighted by molar-refractivity contribution is 7.25. The molecule has 0 bridgehead atoms. The Balaban J connectivity index is 1.88. The van der Waals surface area contributed by atoms with Gasteiger partial charge >= 0.3 is 0 Å². The van der Waals surface area contributed by atoms with Crippen molar-refractivity contribution in [2.24, 2.45) is 0 Å². The molecule has 3 rings (SSSR count). The Hall–Kier alpha value is -1.44. The van der Waals surface area contributed by atoms with Crippen LogP contribution in [0.15, 0.2) is 23.6 Å². The first kappa shape index (κ1) is 17.4. The second kappa shape index (κ2) is 6.13. The fraction of sp³-hybridized carbons (Fsp3) is 0.412. The minimum absolute atomic E-state index is 0.156. The highest BCUT2D eigenvalue weighted by atomic mass is 32.1. The Morgan fingerprint density at radius 1 is 1.08 bits per heavy atom. The molecule has 7 heteroatoms. The number of hydrogen-bond donors (Lipinski definition) is 0. The molecule has 0 spiro atoms. The molecular weight excluding hydrogens is 356 g/mol. The topological polar surface area (TPSA) is 44.2 Å². The summed E-state index contributed by atoms with van der Waals surface area (Å²) in [7, 11) is -0.192. The molecule has 2 aromatic heterocycles. The van der Waals surface area contributed by atoms with Crippen molar-refractivity contribution < 1.29 is 9.16 Å².